The lowest BCUT2D eigenvalue weighted by atomic mass is 9.97. The van der Waals surface area contributed by atoms with Gasteiger partial charge in [0, 0.05) is 72.6 Å². The fourth-order valence-electron chi connectivity index (χ4n) is 7.74. The molecule has 2 aromatic carbocycles. The molecule has 0 N–H and O–H groups in total. The van der Waals surface area contributed by atoms with Gasteiger partial charge in [-0.1, -0.05) is 18.2 Å². The molecule has 0 fully saturated rings. The molecule has 0 atom stereocenters. The Balaban J connectivity index is 1.50. The SMILES string of the molecule is C1=Cc2c(n3c4cnccc4c4cc5oc6cc7c8ccncc8n8c9cnccc9c(c6c5c2c43)c78)/C=C\CC1. The minimum absolute atomic E-state index is 0.906. The third-order valence-electron chi connectivity index (χ3n) is 9.26. The van der Waals surface area contributed by atoms with E-state index in [1.54, 1.807) is 0 Å². The van der Waals surface area contributed by atoms with Gasteiger partial charge >= 0.3 is 0 Å². The predicted molar refractivity (Wildman–Crippen MR) is 166 cm³/mol. The Morgan fingerprint density at radius 1 is 0.561 bits per heavy atom. The zero-order valence-electron chi connectivity index (χ0n) is 21.7. The number of fused-ring (bicyclic) bond motifs is 17. The Bertz CT molecular complexity index is 2810. The van der Waals surface area contributed by atoms with Gasteiger partial charge in [-0.15, -0.1) is 0 Å². The molecule has 11 rings (SSSR count). The van der Waals surface area contributed by atoms with Crippen LogP contribution in [0.4, 0.5) is 0 Å². The number of hydrogen-bond acceptors (Lipinski definition) is 4. The Labute approximate surface area is 231 Å². The third kappa shape index (κ3) is 2.21. The van der Waals surface area contributed by atoms with Gasteiger partial charge in [-0.3, -0.25) is 15.0 Å². The number of benzene rings is 2. The first-order chi connectivity index (χ1) is 20.4. The number of aromatic nitrogens is 5. The van der Waals surface area contributed by atoms with Gasteiger partial charge in [-0.05, 0) is 49.2 Å². The summed E-state index contributed by atoms with van der Waals surface area (Å²) in [5.41, 5.74) is 9.99. The molecule has 1 aliphatic carbocycles. The van der Waals surface area contributed by atoms with Crippen LogP contribution in [0.5, 0.6) is 0 Å². The molecule has 190 valence electrons. The number of rotatable bonds is 0. The number of allylic oxidation sites excluding steroid dienone is 2. The summed E-state index contributed by atoms with van der Waals surface area (Å²) >= 11 is 0. The summed E-state index contributed by atoms with van der Waals surface area (Å²) in [5.74, 6) is 0. The van der Waals surface area contributed by atoms with E-state index in [-0.39, 0.29) is 0 Å². The molecule has 41 heavy (non-hydrogen) atoms. The summed E-state index contributed by atoms with van der Waals surface area (Å²) in [5, 5.41) is 10.7. The van der Waals surface area contributed by atoms with E-state index in [0.717, 1.165) is 45.9 Å². The highest BCUT2D eigenvalue weighted by Crippen LogP contribution is 2.50. The average Bonchev–Trinajstić information content (AvgIpc) is 3.76. The van der Waals surface area contributed by atoms with Gasteiger partial charge in [-0.2, -0.15) is 0 Å². The van der Waals surface area contributed by atoms with Crippen LogP contribution in [0.15, 0.2) is 84.1 Å². The van der Waals surface area contributed by atoms with Crippen LogP contribution in [0.3, 0.4) is 0 Å². The molecular formula is C35H19N5O. The van der Waals surface area contributed by atoms with Gasteiger partial charge in [0.2, 0.25) is 0 Å². The zero-order valence-corrected chi connectivity index (χ0v) is 21.7. The van der Waals surface area contributed by atoms with E-state index in [1.165, 1.54) is 65.4 Å². The summed E-state index contributed by atoms with van der Waals surface area (Å²) in [4.78, 5) is 13.5. The van der Waals surface area contributed by atoms with E-state index >= 15 is 0 Å². The van der Waals surface area contributed by atoms with Crippen LogP contribution in [0.1, 0.15) is 24.1 Å². The quantitative estimate of drug-likeness (QED) is 0.199. The van der Waals surface area contributed by atoms with Crippen molar-refractivity contribution < 1.29 is 4.42 Å². The molecule has 8 heterocycles. The van der Waals surface area contributed by atoms with Gasteiger partial charge < -0.3 is 13.2 Å². The minimum atomic E-state index is 0.906. The number of hydrogen-bond donors (Lipinski definition) is 0. The second kappa shape index (κ2) is 6.80. The van der Waals surface area contributed by atoms with Crippen LogP contribution in [0.2, 0.25) is 0 Å². The zero-order chi connectivity index (χ0) is 26.4. The Hall–Kier alpha value is -5.49. The molecule has 0 amide bonds. The minimum Gasteiger partial charge on any atom is -0.456 e. The standard InChI is InChI=1S/C35H19N5O/c1-2-4-6-24-20(5-3-1)30-32-28(13-22-18-7-10-36-15-25(18)39(24)34(22)30)41-29-14-23-19-8-11-37-16-26(19)40-27-17-38-12-9-21(27)31(33(29)32)35(23)40/h3-17H,1-2H2/b5-3?,6-4-. The van der Waals surface area contributed by atoms with Crippen molar-refractivity contribution in [3.63, 3.8) is 0 Å². The predicted octanol–water partition coefficient (Wildman–Crippen LogP) is 8.74. The highest BCUT2D eigenvalue weighted by Gasteiger charge is 2.28. The van der Waals surface area contributed by atoms with Gasteiger partial charge in [0.1, 0.15) is 11.2 Å². The van der Waals surface area contributed by atoms with Crippen LogP contribution in [-0.4, -0.2) is 23.8 Å². The van der Waals surface area contributed by atoms with E-state index in [0.29, 0.717) is 0 Å². The lowest BCUT2D eigenvalue weighted by Gasteiger charge is -2.03. The van der Waals surface area contributed by atoms with Crippen molar-refractivity contribution in [2.75, 3.05) is 0 Å². The second-order valence-electron chi connectivity index (χ2n) is 11.2. The van der Waals surface area contributed by atoms with Crippen LogP contribution in [-0.2, 0) is 0 Å². The van der Waals surface area contributed by atoms with Gasteiger partial charge in [0.05, 0.1) is 51.9 Å². The van der Waals surface area contributed by atoms with Crippen molar-refractivity contribution in [2.45, 2.75) is 12.8 Å². The first kappa shape index (κ1) is 20.4. The highest BCUT2D eigenvalue weighted by atomic mass is 16.3. The Kier molecular flexibility index (Phi) is 3.38. The molecular weight excluding hydrogens is 506 g/mol. The van der Waals surface area contributed by atoms with Gasteiger partial charge in [0.15, 0.2) is 0 Å². The molecule has 0 aliphatic heterocycles. The van der Waals surface area contributed by atoms with Crippen molar-refractivity contribution in [2.24, 2.45) is 0 Å². The molecule has 0 saturated carbocycles. The molecule has 0 bridgehead atoms. The number of pyridine rings is 3. The van der Waals surface area contributed by atoms with Crippen LogP contribution in [0, 0.1) is 0 Å². The second-order valence-corrected chi connectivity index (χ2v) is 11.2. The largest absolute Gasteiger partial charge is 0.456 e. The highest BCUT2D eigenvalue weighted by molar-refractivity contribution is 6.39. The van der Waals surface area contributed by atoms with E-state index in [9.17, 15) is 0 Å². The first-order valence-corrected chi connectivity index (χ1v) is 14.0. The summed E-state index contributed by atoms with van der Waals surface area (Å²) in [6, 6.07) is 10.9. The maximum atomic E-state index is 6.86. The van der Waals surface area contributed by atoms with Crippen molar-refractivity contribution in [1.29, 1.82) is 0 Å². The van der Waals surface area contributed by atoms with Crippen LogP contribution in [0.25, 0.3) is 99.4 Å². The van der Waals surface area contributed by atoms with Crippen molar-refractivity contribution in [1.82, 2.24) is 23.8 Å². The number of furan rings is 1. The van der Waals surface area contributed by atoms with Crippen molar-refractivity contribution in [3.8, 4) is 0 Å². The van der Waals surface area contributed by atoms with Crippen molar-refractivity contribution in [3.05, 3.63) is 90.9 Å². The molecule has 8 aromatic heterocycles. The Morgan fingerprint density at radius 2 is 1.12 bits per heavy atom. The fourth-order valence-corrected chi connectivity index (χ4v) is 7.74. The van der Waals surface area contributed by atoms with E-state index < -0.39 is 0 Å². The summed E-state index contributed by atoms with van der Waals surface area (Å²) in [7, 11) is 0. The molecule has 6 heteroatoms. The third-order valence-corrected chi connectivity index (χ3v) is 9.26. The number of nitrogens with zero attached hydrogens (tertiary/aromatic N) is 5. The normalized spacial score (nSPS) is 15.2. The topological polar surface area (TPSA) is 60.6 Å². The van der Waals surface area contributed by atoms with Crippen molar-refractivity contribution >= 4 is 99.4 Å². The lowest BCUT2D eigenvalue weighted by molar-refractivity contribution is 0.670. The summed E-state index contributed by atoms with van der Waals surface area (Å²) < 4.78 is 11.6. The van der Waals surface area contributed by atoms with E-state index in [4.69, 9.17) is 4.42 Å². The van der Waals surface area contributed by atoms with E-state index in [1.807, 2.05) is 37.2 Å². The average molecular weight is 526 g/mol. The first-order valence-electron chi connectivity index (χ1n) is 14.0. The lowest BCUT2D eigenvalue weighted by Crippen LogP contribution is -1.88. The smallest absolute Gasteiger partial charge is 0.136 e. The molecule has 6 nitrogen and oxygen atoms in total. The maximum absolute atomic E-state index is 6.86. The summed E-state index contributed by atoms with van der Waals surface area (Å²) in [6.45, 7) is 0. The maximum Gasteiger partial charge on any atom is 0.136 e. The molecule has 1 aliphatic rings. The van der Waals surface area contributed by atoms with Crippen LogP contribution < -0.4 is 0 Å². The molecule has 10 aromatic rings. The monoisotopic (exact) mass is 525 g/mol. The van der Waals surface area contributed by atoms with Crippen LogP contribution >= 0.6 is 0 Å². The summed E-state index contributed by atoms with van der Waals surface area (Å²) in [6.07, 6.45) is 22.8. The molecule has 0 unspecified atom stereocenters. The Morgan fingerprint density at radius 3 is 1.83 bits per heavy atom. The van der Waals surface area contributed by atoms with E-state index in [2.05, 4.69) is 78.4 Å². The molecule has 0 radical (unpaired) electrons. The molecule has 0 saturated heterocycles. The molecule has 0 spiro atoms. The van der Waals surface area contributed by atoms with Gasteiger partial charge in [0.25, 0.3) is 0 Å². The van der Waals surface area contributed by atoms with Gasteiger partial charge in [-0.25, -0.2) is 0 Å². The fraction of sp³-hybridized carbons (Fsp3) is 0.0571.